The topological polar surface area (TPSA) is 79.5 Å². The number of nitrogens with zero attached hydrogens (tertiary/aromatic N) is 1. The number of aromatic carboxylic acids is 1. The highest BCUT2D eigenvalue weighted by molar-refractivity contribution is 7.17. The Labute approximate surface area is 127 Å². The number of aromatic hydroxyl groups is 1. The van der Waals surface area contributed by atoms with Gasteiger partial charge in [0, 0.05) is 0 Å². The molecule has 2 heterocycles. The first-order valence-corrected chi connectivity index (χ1v) is 7.17. The fourth-order valence-corrected chi connectivity index (χ4v) is 3.26. The lowest BCUT2D eigenvalue weighted by Crippen LogP contribution is -2.22. The highest BCUT2D eigenvalue weighted by atomic mass is 32.1. The molecule has 5 nitrogen and oxygen atoms in total. The van der Waals surface area contributed by atoms with E-state index in [4.69, 9.17) is 0 Å². The Morgan fingerprint density at radius 1 is 1.32 bits per heavy atom. The Hall–Kier alpha value is -2.67. The Bertz CT molecular complexity index is 944. The van der Waals surface area contributed by atoms with Crippen LogP contribution in [0.3, 0.4) is 0 Å². The second-order valence-electron chi connectivity index (χ2n) is 4.68. The summed E-state index contributed by atoms with van der Waals surface area (Å²) in [5, 5.41) is 20.7. The van der Waals surface area contributed by atoms with Crippen LogP contribution in [0.5, 0.6) is 5.75 Å². The predicted octanol–water partition coefficient (Wildman–Crippen LogP) is 2.65. The standard InChI is InChI=1S/C15H10FNO4S/c16-9-3-1-2-8(6-9)7-17-10-4-5-22-13(10)11(15(20)21)12(18)14(17)19/h1-6,18H,7H2,(H,20,21). The van der Waals surface area contributed by atoms with Crippen molar-refractivity contribution in [3.05, 3.63) is 63.0 Å². The molecule has 0 atom stereocenters. The van der Waals surface area contributed by atoms with Gasteiger partial charge in [-0.2, -0.15) is 0 Å². The third kappa shape index (κ3) is 2.25. The fraction of sp³-hybridized carbons (Fsp3) is 0.0667. The number of rotatable bonds is 3. The van der Waals surface area contributed by atoms with Crippen molar-refractivity contribution in [3.8, 4) is 5.75 Å². The van der Waals surface area contributed by atoms with Gasteiger partial charge in [0.15, 0.2) is 5.75 Å². The number of halogens is 1. The molecule has 22 heavy (non-hydrogen) atoms. The van der Waals surface area contributed by atoms with Crippen molar-refractivity contribution in [2.45, 2.75) is 6.54 Å². The molecule has 112 valence electrons. The number of pyridine rings is 1. The second-order valence-corrected chi connectivity index (χ2v) is 5.60. The minimum Gasteiger partial charge on any atom is -0.502 e. The first kappa shape index (κ1) is 14.3. The van der Waals surface area contributed by atoms with Gasteiger partial charge in [-0.25, -0.2) is 9.18 Å². The van der Waals surface area contributed by atoms with E-state index in [1.807, 2.05) is 0 Å². The normalized spacial score (nSPS) is 11.0. The molecule has 2 N–H and O–H groups in total. The van der Waals surface area contributed by atoms with Gasteiger partial charge < -0.3 is 10.2 Å². The second kappa shape index (κ2) is 5.27. The van der Waals surface area contributed by atoms with Crippen LogP contribution < -0.4 is 5.56 Å². The highest BCUT2D eigenvalue weighted by Crippen LogP contribution is 2.29. The van der Waals surface area contributed by atoms with Crippen LogP contribution >= 0.6 is 11.3 Å². The van der Waals surface area contributed by atoms with E-state index >= 15 is 0 Å². The largest absolute Gasteiger partial charge is 0.502 e. The third-order valence-corrected chi connectivity index (χ3v) is 4.21. The van der Waals surface area contributed by atoms with E-state index in [-0.39, 0.29) is 6.54 Å². The zero-order chi connectivity index (χ0) is 15.9. The van der Waals surface area contributed by atoms with E-state index in [1.54, 1.807) is 17.5 Å². The molecule has 2 aromatic heterocycles. The lowest BCUT2D eigenvalue weighted by Gasteiger charge is -2.11. The Morgan fingerprint density at radius 2 is 2.09 bits per heavy atom. The molecule has 1 aromatic carbocycles. The molecule has 0 fully saturated rings. The molecular formula is C15H10FNO4S. The minimum atomic E-state index is -1.36. The monoisotopic (exact) mass is 319 g/mol. The van der Waals surface area contributed by atoms with Crippen molar-refractivity contribution in [1.29, 1.82) is 0 Å². The van der Waals surface area contributed by atoms with E-state index in [9.17, 15) is 24.2 Å². The summed E-state index contributed by atoms with van der Waals surface area (Å²) >= 11 is 1.12. The zero-order valence-electron chi connectivity index (χ0n) is 11.1. The van der Waals surface area contributed by atoms with Crippen LogP contribution in [0, 0.1) is 5.82 Å². The lowest BCUT2D eigenvalue weighted by molar-refractivity contribution is 0.0695. The number of fused-ring (bicyclic) bond motifs is 1. The van der Waals surface area contributed by atoms with Crippen molar-refractivity contribution >= 4 is 27.5 Å². The molecule has 7 heteroatoms. The van der Waals surface area contributed by atoms with Gasteiger partial charge in [-0.15, -0.1) is 11.3 Å². The summed E-state index contributed by atoms with van der Waals surface area (Å²) in [6.07, 6.45) is 0. The number of carboxylic acid groups (broad SMARTS) is 1. The van der Waals surface area contributed by atoms with Crippen LogP contribution in [0.4, 0.5) is 4.39 Å². The van der Waals surface area contributed by atoms with Crippen LogP contribution in [0.1, 0.15) is 15.9 Å². The van der Waals surface area contributed by atoms with Crippen molar-refractivity contribution in [1.82, 2.24) is 4.57 Å². The van der Waals surface area contributed by atoms with Crippen LogP contribution in [0.15, 0.2) is 40.5 Å². The summed E-state index contributed by atoms with van der Waals surface area (Å²) in [6, 6.07) is 7.35. The zero-order valence-corrected chi connectivity index (χ0v) is 11.9. The summed E-state index contributed by atoms with van der Waals surface area (Å²) < 4.78 is 14.8. The molecule has 0 aliphatic heterocycles. The summed E-state index contributed by atoms with van der Waals surface area (Å²) in [6.45, 7) is 0.0390. The molecule has 3 rings (SSSR count). The molecule has 0 aliphatic rings. The van der Waals surface area contributed by atoms with E-state index < -0.39 is 28.7 Å². The predicted molar refractivity (Wildman–Crippen MR) is 80.2 cm³/mol. The number of carbonyl (C=O) groups is 1. The summed E-state index contributed by atoms with van der Waals surface area (Å²) in [5.74, 6) is -2.60. The lowest BCUT2D eigenvalue weighted by atomic mass is 10.2. The van der Waals surface area contributed by atoms with Crippen LogP contribution in [0.2, 0.25) is 0 Å². The average Bonchev–Trinajstić information content (AvgIpc) is 2.92. The number of benzene rings is 1. The van der Waals surface area contributed by atoms with Gasteiger partial charge in [-0.1, -0.05) is 12.1 Å². The number of carboxylic acids is 1. The van der Waals surface area contributed by atoms with Crippen molar-refractivity contribution in [3.63, 3.8) is 0 Å². The van der Waals surface area contributed by atoms with Crippen LogP contribution in [-0.2, 0) is 6.54 Å². The van der Waals surface area contributed by atoms with Gasteiger partial charge in [0.2, 0.25) is 0 Å². The summed E-state index contributed by atoms with van der Waals surface area (Å²) in [4.78, 5) is 23.5. The highest BCUT2D eigenvalue weighted by Gasteiger charge is 2.22. The summed E-state index contributed by atoms with van der Waals surface area (Å²) in [5.41, 5.74) is -0.274. The maximum atomic E-state index is 13.3. The molecule has 0 radical (unpaired) electrons. The first-order chi connectivity index (χ1) is 10.5. The van der Waals surface area contributed by atoms with Gasteiger partial charge in [-0.3, -0.25) is 9.36 Å². The molecule has 0 bridgehead atoms. The van der Waals surface area contributed by atoms with Gasteiger partial charge >= 0.3 is 5.97 Å². The first-order valence-electron chi connectivity index (χ1n) is 6.29. The van der Waals surface area contributed by atoms with E-state index in [2.05, 4.69) is 0 Å². The van der Waals surface area contributed by atoms with Gasteiger partial charge in [0.1, 0.15) is 11.4 Å². The minimum absolute atomic E-state index is 0.0390. The molecule has 0 amide bonds. The quantitative estimate of drug-likeness (QED) is 0.778. The molecule has 3 aromatic rings. The molecular weight excluding hydrogens is 309 g/mol. The fourth-order valence-electron chi connectivity index (χ4n) is 2.33. The molecule has 0 unspecified atom stereocenters. The maximum absolute atomic E-state index is 13.3. The maximum Gasteiger partial charge on any atom is 0.341 e. The van der Waals surface area contributed by atoms with Crippen molar-refractivity contribution < 1.29 is 19.4 Å². The Balaban J connectivity index is 2.25. The van der Waals surface area contributed by atoms with Crippen LogP contribution in [0.25, 0.3) is 10.2 Å². The van der Waals surface area contributed by atoms with Crippen molar-refractivity contribution in [2.75, 3.05) is 0 Å². The number of hydrogen-bond acceptors (Lipinski definition) is 4. The Kier molecular flexibility index (Phi) is 3.42. The number of hydrogen-bond donors (Lipinski definition) is 2. The van der Waals surface area contributed by atoms with E-state index in [0.29, 0.717) is 15.8 Å². The van der Waals surface area contributed by atoms with Gasteiger partial charge in [0.05, 0.1) is 16.8 Å². The molecule has 0 saturated heterocycles. The third-order valence-electron chi connectivity index (χ3n) is 3.29. The molecule has 0 aliphatic carbocycles. The Morgan fingerprint density at radius 3 is 2.77 bits per heavy atom. The number of aromatic nitrogens is 1. The summed E-state index contributed by atoms with van der Waals surface area (Å²) in [7, 11) is 0. The van der Waals surface area contributed by atoms with E-state index in [1.165, 1.54) is 22.8 Å². The smallest absolute Gasteiger partial charge is 0.341 e. The average molecular weight is 319 g/mol. The SMILES string of the molecule is O=C(O)c1c(O)c(=O)n(Cc2cccc(F)c2)c2ccsc12. The van der Waals surface area contributed by atoms with Gasteiger partial charge in [-0.05, 0) is 29.1 Å². The van der Waals surface area contributed by atoms with Crippen molar-refractivity contribution in [2.24, 2.45) is 0 Å². The van der Waals surface area contributed by atoms with Gasteiger partial charge in [0.25, 0.3) is 5.56 Å². The molecule has 0 spiro atoms. The van der Waals surface area contributed by atoms with E-state index in [0.717, 1.165) is 11.3 Å². The van der Waals surface area contributed by atoms with Crippen LogP contribution in [-0.4, -0.2) is 20.7 Å². The molecule has 0 saturated carbocycles. The number of thiophene rings is 1.